The highest BCUT2D eigenvalue weighted by Crippen LogP contribution is 2.54. The lowest BCUT2D eigenvalue weighted by Gasteiger charge is -2.29. The lowest BCUT2D eigenvalue weighted by atomic mass is 9.79. The van der Waals surface area contributed by atoms with E-state index in [9.17, 15) is 9.36 Å². The second-order valence-electron chi connectivity index (χ2n) is 13.1. The van der Waals surface area contributed by atoms with Crippen molar-refractivity contribution >= 4 is 24.7 Å². The Bertz CT molecular complexity index is 1840. The van der Waals surface area contributed by atoms with Gasteiger partial charge in [-0.25, -0.2) is 4.57 Å². The first-order valence-corrected chi connectivity index (χ1v) is 17.6. The molecular formula is C39H45N2O6P. The van der Waals surface area contributed by atoms with Crippen LogP contribution < -0.4 is 9.26 Å². The number of esters is 1. The number of hydrogen-bond acceptors (Lipinski definition) is 7. The van der Waals surface area contributed by atoms with Gasteiger partial charge in [0.1, 0.15) is 11.5 Å². The van der Waals surface area contributed by atoms with E-state index in [0.717, 1.165) is 51.7 Å². The van der Waals surface area contributed by atoms with Gasteiger partial charge in [0.25, 0.3) is 0 Å². The molecule has 0 radical (unpaired) electrons. The molecule has 0 aliphatic carbocycles. The molecule has 9 heteroatoms. The van der Waals surface area contributed by atoms with Crippen molar-refractivity contribution in [3.05, 3.63) is 131 Å². The molecule has 0 fully saturated rings. The number of rotatable bonds is 15. The van der Waals surface area contributed by atoms with E-state index in [-0.39, 0.29) is 25.6 Å². The zero-order valence-electron chi connectivity index (χ0n) is 28.6. The van der Waals surface area contributed by atoms with Crippen molar-refractivity contribution in [1.29, 1.82) is 0 Å². The van der Waals surface area contributed by atoms with E-state index < -0.39 is 13.2 Å². The van der Waals surface area contributed by atoms with Gasteiger partial charge in [0.2, 0.25) is 0 Å². The summed E-state index contributed by atoms with van der Waals surface area (Å²) >= 11 is 0. The summed E-state index contributed by atoms with van der Waals surface area (Å²) in [6.07, 6.45) is 2.84. The van der Waals surface area contributed by atoms with Crippen LogP contribution in [0.5, 0.6) is 11.5 Å². The van der Waals surface area contributed by atoms with Crippen LogP contribution in [0.3, 0.4) is 0 Å². The van der Waals surface area contributed by atoms with Crippen molar-refractivity contribution in [3.8, 4) is 11.5 Å². The van der Waals surface area contributed by atoms with Gasteiger partial charge in [0, 0.05) is 34.6 Å². The third kappa shape index (κ3) is 9.03. The van der Waals surface area contributed by atoms with Gasteiger partial charge in [-0.15, -0.1) is 0 Å². The van der Waals surface area contributed by atoms with E-state index in [1.807, 2.05) is 139 Å². The molecule has 1 N–H and O–H groups in total. The number of carbonyl (C=O) groups is 1. The number of nitrogens with zero attached hydrogens (tertiary/aromatic N) is 1. The number of ether oxygens (including phenoxy) is 1. The SMILES string of the molecule is Cc1cc(C)c(OP(=O)(OCc2ccccc2)OCc2ccccc2)c(C(C)(C)CC(=O)Oc2cccc3[nH]cc(CCN(C)C)c23)c1. The van der Waals surface area contributed by atoms with Gasteiger partial charge in [-0.3, -0.25) is 13.8 Å². The molecule has 0 saturated heterocycles. The van der Waals surface area contributed by atoms with E-state index >= 15 is 0 Å². The van der Waals surface area contributed by atoms with Crippen molar-refractivity contribution in [2.24, 2.45) is 0 Å². The third-order valence-corrected chi connectivity index (χ3v) is 9.50. The van der Waals surface area contributed by atoms with Crippen LogP contribution in [0.1, 0.15) is 53.6 Å². The molecule has 252 valence electrons. The molecule has 0 amide bonds. The number of hydrogen-bond donors (Lipinski definition) is 1. The monoisotopic (exact) mass is 668 g/mol. The number of aryl methyl sites for hydroxylation is 2. The van der Waals surface area contributed by atoms with E-state index in [1.165, 1.54) is 0 Å². The fraction of sp³-hybridized carbons (Fsp3) is 0.308. The van der Waals surface area contributed by atoms with Gasteiger partial charge in [-0.2, -0.15) is 0 Å². The quantitative estimate of drug-likeness (QED) is 0.0676. The summed E-state index contributed by atoms with van der Waals surface area (Å²) in [4.78, 5) is 19.1. The first-order chi connectivity index (χ1) is 22.9. The Morgan fingerprint density at radius 3 is 2.08 bits per heavy atom. The van der Waals surface area contributed by atoms with Crippen LogP contribution in [0.4, 0.5) is 0 Å². The molecule has 0 atom stereocenters. The molecule has 0 aliphatic rings. The van der Waals surface area contributed by atoms with Gasteiger partial charge in [0.05, 0.1) is 19.6 Å². The second-order valence-corrected chi connectivity index (χ2v) is 14.7. The van der Waals surface area contributed by atoms with Crippen molar-refractivity contribution in [2.75, 3.05) is 20.6 Å². The highest BCUT2D eigenvalue weighted by Gasteiger charge is 2.36. The molecule has 5 aromatic rings. The topological polar surface area (TPSA) is 90.1 Å². The van der Waals surface area contributed by atoms with Gasteiger partial charge in [-0.1, -0.05) is 98.3 Å². The summed E-state index contributed by atoms with van der Waals surface area (Å²) in [5.41, 5.74) is 5.33. The normalized spacial score (nSPS) is 12.1. The first-order valence-electron chi connectivity index (χ1n) is 16.2. The number of H-pyrrole nitrogens is 1. The molecule has 1 heterocycles. The highest BCUT2D eigenvalue weighted by atomic mass is 31.2. The summed E-state index contributed by atoms with van der Waals surface area (Å²) < 4.78 is 38.6. The van der Waals surface area contributed by atoms with Crippen LogP contribution in [0, 0.1) is 13.8 Å². The van der Waals surface area contributed by atoms with Crippen LogP contribution in [-0.4, -0.2) is 36.5 Å². The molecule has 1 aromatic heterocycles. The molecule has 5 rings (SSSR count). The summed E-state index contributed by atoms with van der Waals surface area (Å²) in [5.74, 6) is 0.496. The maximum atomic E-state index is 14.4. The fourth-order valence-electron chi connectivity index (χ4n) is 5.70. The van der Waals surface area contributed by atoms with Gasteiger partial charge < -0.3 is 19.1 Å². The van der Waals surface area contributed by atoms with Crippen LogP contribution >= 0.6 is 7.82 Å². The number of carbonyl (C=O) groups excluding carboxylic acids is 1. The van der Waals surface area contributed by atoms with Crippen molar-refractivity contribution in [2.45, 2.75) is 59.2 Å². The van der Waals surface area contributed by atoms with Gasteiger partial charge in [-0.05, 0) is 68.8 Å². The molecule has 8 nitrogen and oxygen atoms in total. The lowest BCUT2D eigenvalue weighted by molar-refractivity contribution is -0.135. The first kappa shape index (κ1) is 35.1. The number of phosphoric ester groups is 1. The Morgan fingerprint density at radius 2 is 1.48 bits per heavy atom. The molecule has 0 aliphatic heterocycles. The minimum atomic E-state index is -4.16. The van der Waals surface area contributed by atoms with Gasteiger partial charge >= 0.3 is 13.8 Å². The minimum Gasteiger partial charge on any atom is -0.426 e. The van der Waals surface area contributed by atoms with E-state index in [0.29, 0.717) is 17.1 Å². The zero-order valence-corrected chi connectivity index (χ0v) is 29.5. The molecule has 0 bridgehead atoms. The summed E-state index contributed by atoms with van der Waals surface area (Å²) in [6, 6.07) is 28.5. The van der Waals surface area contributed by atoms with Gasteiger partial charge in [0.15, 0.2) is 0 Å². The molecule has 0 saturated carbocycles. The van der Waals surface area contributed by atoms with Crippen LogP contribution in [0.15, 0.2) is 97.2 Å². The predicted molar refractivity (Wildman–Crippen MR) is 190 cm³/mol. The Balaban J connectivity index is 1.41. The van der Waals surface area contributed by atoms with Crippen molar-refractivity contribution in [1.82, 2.24) is 9.88 Å². The van der Waals surface area contributed by atoms with Crippen LogP contribution in [-0.2, 0) is 43.5 Å². The highest BCUT2D eigenvalue weighted by molar-refractivity contribution is 7.48. The molecule has 0 unspecified atom stereocenters. The molecule has 4 aromatic carbocycles. The van der Waals surface area contributed by atoms with E-state index in [1.54, 1.807) is 0 Å². The summed E-state index contributed by atoms with van der Waals surface area (Å²) in [5, 5.41) is 0.910. The number of nitrogens with one attached hydrogen (secondary N) is 1. The average Bonchev–Trinajstić information content (AvgIpc) is 3.48. The minimum absolute atomic E-state index is 0.0318. The maximum absolute atomic E-state index is 14.4. The number of phosphoric acid groups is 1. The van der Waals surface area contributed by atoms with Crippen molar-refractivity contribution in [3.63, 3.8) is 0 Å². The number of aromatic amines is 1. The molecule has 48 heavy (non-hydrogen) atoms. The molecule has 0 spiro atoms. The molecular weight excluding hydrogens is 623 g/mol. The maximum Gasteiger partial charge on any atom is 0.530 e. The van der Waals surface area contributed by atoms with Crippen LogP contribution in [0.25, 0.3) is 10.9 Å². The third-order valence-electron chi connectivity index (χ3n) is 8.20. The lowest BCUT2D eigenvalue weighted by Crippen LogP contribution is -2.26. The largest absolute Gasteiger partial charge is 0.530 e. The predicted octanol–water partition coefficient (Wildman–Crippen LogP) is 9.08. The Kier molecular flexibility index (Phi) is 11.2. The zero-order chi connectivity index (χ0) is 34.3. The van der Waals surface area contributed by atoms with E-state index in [4.69, 9.17) is 18.3 Å². The van der Waals surface area contributed by atoms with Crippen LogP contribution in [0.2, 0.25) is 0 Å². The van der Waals surface area contributed by atoms with E-state index in [2.05, 4.69) is 9.88 Å². The summed E-state index contributed by atoms with van der Waals surface area (Å²) in [7, 11) is -0.0940. The Morgan fingerprint density at radius 1 is 0.854 bits per heavy atom. The Hall–Kier alpha value is -4.20. The number of fused-ring (bicyclic) bond motifs is 1. The standard InChI is InChI=1S/C39H45N2O6P/c1-28-22-29(2)38(47-48(43,44-26-30-14-9-7-10-15-30)45-27-31-16-11-8-12-17-31)33(23-28)39(3,4)24-36(42)46-35-19-13-18-34-37(35)32(25-40-34)20-21-41(5)6/h7-19,22-23,25,40H,20-21,24,26-27H2,1-6H3. The fourth-order valence-corrected chi connectivity index (χ4v) is 6.96. The second kappa shape index (κ2) is 15.3. The Labute approximate surface area is 283 Å². The average molecular weight is 669 g/mol. The number of likely N-dealkylation sites (N-methyl/N-ethyl adjacent to an activating group) is 1. The number of benzene rings is 4. The summed E-state index contributed by atoms with van der Waals surface area (Å²) in [6.45, 7) is 8.71. The smallest absolute Gasteiger partial charge is 0.426 e. The number of aromatic nitrogens is 1. The van der Waals surface area contributed by atoms with Crippen molar-refractivity contribution < 1.29 is 27.7 Å².